The van der Waals surface area contributed by atoms with Crippen LogP contribution < -0.4 is 5.32 Å². The van der Waals surface area contributed by atoms with Gasteiger partial charge in [-0.1, -0.05) is 24.3 Å². The zero-order valence-corrected chi connectivity index (χ0v) is 10.9. The third kappa shape index (κ3) is 1.70. The molecule has 0 spiro atoms. The minimum absolute atomic E-state index is 0.617. The molecule has 2 heteroatoms. The van der Waals surface area contributed by atoms with E-state index in [1.54, 1.807) is 11.1 Å². The second kappa shape index (κ2) is 4.36. The van der Waals surface area contributed by atoms with E-state index >= 15 is 0 Å². The van der Waals surface area contributed by atoms with E-state index in [2.05, 4.69) is 34.5 Å². The molecule has 18 heavy (non-hydrogen) atoms. The molecule has 0 aromatic heterocycles. The molecule has 3 aliphatic rings. The topological polar surface area (TPSA) is 15.3 Å². The summed E-state index contributed by atoms with van der Waals surface area (Å²) in [4.78, 5) is 2.69. The summed E-state index contributed by atoms with van der Waals surface area (Å²) in [5.41, 5.74) is 3.13. The van der Waals surface area contributed by atoms with Gasteiger partial charge in [-0.2, -0.15) is 0 Å². The zero-order chi connectivity index (χ0) is 11.9. The van der Waals surface area contributed by atoms with Crippen LogP contribution in [0, 0.1) is 0 Å². The highest BCUT2D eigenvalue weighted by Crippen LogP contribution is 2.34. The van der Waals surface area contributed by atoms with Crippen molar-refractivity contribution in [2.24, 2.45) is 0 Å². The first-order chi connectivity index (χ1) is 8.92. The summed E-state index contributed by atoms with van der Waals surface area (Å²) >= 11 is 0. The SMILES string of the molecule is c1ccc2c(c1)CCC2NC1CCN2CCCC12. The van der Waals surface area contributed by atoms with Crippen LogP contribution in [-0.2, 0) is 6.42 Å². The highest BCUT2D eigenvalue weighted by Gasteiger charge is 2.38. The first kappa shape index (κ1) is 11.0. The molecule has 3 atom stereocenters. The average Bonchev–Trinajstić information content (AvgIpc) is 3.08. The molecule has 0 radical (unpaired) electrons. The first-order valence-electron chi connectivity index (χ1n) is 7.50. The predicted octanol–water partition coefficient (Wildman–Crippen LogP) is 2.50. The maximum atomic E-state index is 3.96. The normalized spacial score (nSPS) is 34.8. The van der Waals surface area contributed by atoms with Crippen LogP contribution in [0.25, 0.3) is 0 Å². The Balaban J connectivity index is 1.50. The van der Waals surface area contributed by atoms with Gasteiger partial charge in [-0.3, -0.25) is 4.90 Å². The van der Waals surface area contributed by atoms with Crippen molar-refractivity contribution in [3.05, 3.63) is 35.4 Å². The summed E-state index contributed by atoms with van der Waals surface area (Å²) in [5.74, 6) is 0. The van der Waals surface area contributed by atoms with Gasteiger partial charge >= 0.3 is 0 Å². The van der Waals surface area contributed by atoms with Crippen molar-refractivity contribution in [2.45, 2.75) is 50.2 Å². The second-order valence-corrected chi connectivity index (χ2v) is 6.10. The Labute approximate surface area is 109 Å². The fourth-order valence-corrected chi connectivity index (χ4v) is 4.27. The van der Waals surface area contributed by atoms with Crippen LogP contribution in [-0.4, -0.2) is 30.1 Å². The van der Waals surface area contributed by atoms with Gasteiger partial charge in [0, 0.05) is 24.7 Å². The Morgan fingerprint density at radius 1 is 1.06 bits per heavy atom. The summed E-state index contributed by atoms with van der Waals surface area (Å²) in [5, 5.41) is 3.96. The highest BCUT2D eigenvalue weighted by molar-refractivity contribution is 5.34. The molecule has 2 fully saturated rings. The third-order valence-corrected chi connectivity index (χ3v) is 5.15. The quantitative estimate of drug-likeness (QED) is 0.857. The molecule has 4 rings (SSSR count). The van der Waals surface area contributed by atoms with Gasteiger partial charge in [0.1, 0.15) is 0 Å². The largest absolute Gasteiger partial charge is 0.306 e. The van der Waals surface area contributed by atoms with Crippen LogP contribution in [0.3, 0.4) is 0 Å². The van der Waals surface area contributed by atoms with Gasteiger partial charge < -0.3 is 5.32 Å². The number of rotatable bonds is 2. The van der Waals surface area contributed by atoms with Crippen molar-refractivity contribution in [3.8, 4) is 0 Å². The maximum Gasteiger partial charge on any atom is 0.0329 e. The minimum Gasteiger partial charge on any atom is -0.306 e. The Morgan fingerprint density at radius 3 is 3.00 bits per heavy atom. The van der Waals surface area contributed by atoms with Crippen LogP contribution in [0.15, 0.2) is 24.3 Å². The van der Waals surface area contributed by atoms with Crippen molar-refractivity contribution in [1.82, 2.24) is 10.2 Å². The van der Waals surface area contributed by atoms with Crippen molar-refractivity contribution in [1.29, 1.82) is 0 Å². The number of nitrogens with one attached hydrogen (secondary N) is 1. The number of aryl methyl sites for hydroxylation is 1. The van der Waals surface area contributed by atoms with Gasteiger partial charge in [0.05, 0.1) is 0 Å². The van der Waals surface area contributed by atoms with E-state index in [1.165, 1.54) is 45.2 Å². The molecule has 2 nitrogen and oxygen atoms in total. The van der Waals surface area contributed by atoms with E-state index < -0.39 is 0 Å². The lowest BCUT2D eigenvalue weighted by molar-refractivity contribution is 0.288. The summed E-state index contributed by atoms with van der Waals surface area (Å²) in [6.07, 6.45) is 6.72. The molecule has 1 N–H and O–H groups in total. The second-order valence-electron chi connectivity index (χ2n) is 6.10. The Kier molecular flexibility index (Phi) is 2.66. The monoisotopic (exact) mass is 242 g/mol. The fraction of sp³-hybridized carbons (Fsp3) is 0.625. The smallest absolute Gasteiger partial charge is 0.0329 e. The lowest BCUT2D eigenvalue weighted by Crippen LogP contribution is -2.40. The molecule has 96 valence electrons. The zero-order valence-electron chi connectivity index (χ0n) is 10.9. The Bertz CT molecular complexity index is 442. The van der Waals surface area contributed by atoms with E-state index in [-0.39, 0.29) is 0 Å². The highest BCUT2D eigenvalue weighted by atomic mass is 15.2. The molecular formula is C16H22N2. The molecule has 2 aliphatic heterocycles. The van der Waals surface area contributed by atoms with Crippen molar-refractivity contribution in [3.63, 3.8) is 0 Å². The van der Waals surface area contributed by atoms with Gasteiger partial charge in [-0.25, -0.2) is 0 Å². The van der Waals surface area contributed by atoms with E-state index in [0.717, 1.165) is 12.1 Å². The predicted molar refractivity (Wildman–Crippen MR) is 73.6 cm³/mol. The summed E-state index contributed by atoms with van der Waals surface area (Å²) in [7, 11) is 0. The number of benzene rings is 1. The molecule has 0 amide bonds. The standard InChI is InChI=1S/C16H22N2/c1-2-5-13-12(4-1)7-8-14(13)17-15-9-11-18-10-3-6-16(15)18/h1-2,4-5,14-17H,3,6-11H2. The van der Waals surface area contributed by atoms with Crippen molar-refractivity contribution >= 4 is 0 Å². The molecule has 3 unspecified atom stereocenters. The summed E-state index contributed by atoms with van der Waals surface area (Å²) in [6.45, 7) is 2.65. The van der Waals surface area contributed by atoms with Crippen LogP contribution in [0.4, 0.5) is 0 Å². The molecular weight excluding hydrogens is 220 g/mol. The van der Waals surface area contributed by atoms with Gasteiger partial charge in [-0.15, -0.1) is 0 Å². The number of nitrogens with zero attached hydrogens (tertiary/aromatic N) is 1. The Hall–Kier alpha value is -0.860. The summed E-state index contributed by atoms with van der Waals surface area (Å²) < 4.78 is 0. The number of hydrogen-bond acceptors (Lipinski definition) is 2. The van der Waals surface area contributed by atoms with Crippen LogP contribution >= 0.6 is 0 Å². The van der Waals surface area contributed by atoms with Crippen molar-refractivity contribution in [2.75, 3.05) is 13.1 Å². The van der Waals surface area contributed by atoms with E-state index in [0.29, 0.717) is 6.04 Å². The maximum absolute atomic E-state index is 3.96. The van der Waals surface area contributed by atoms with E-state index in [9.17, 15) is 0 Å². The number of fused-ring (bicyclic) bond motifs is 2. The lowest BCUT2D eigenvalue weighted by Gasteiger charge is -2.25. The lowest BCUT2D eigenvalue weighted by atomic mass is 10.0. The first-order valence-corrected chi connectivity index (χ1v) is 7.50. The number of hydrogen-bond donors (Lipinski definition) is 1. The molecule has 0 bridgehead atoms. The molecule has 2 heterocycles. The minimum atomic E-state index is 0.617. The fourth-order valence-electron chi connectivity index (χ4n) is 4.27. The van der Waals surface area contributed by atoms with Crippen LogP contribution in [0.2, 0.25) is 0 Å². The molecule has 0 saturated carbocycles. The molecule has 2 saturated heterocycles. The summed E-state index contributed by atoms with van der Waals surface area (Å²) in [6, 6.07) is 11.2. The van der Waals surface area contributed by atoms with Crippen LogP contribution in [0.1, 0.15) is 42.9 Å². The van der Waals surface area contributed by atoms with Gasteiger partial charge in [0.15, 0.2) is 0 Å². The van der Waals surface area contributed by atoms with E-state index in [4.69, 9.17) is 0 Å². The van der Waals surface area contributed by atoms with Gasteiger partial charge in [0.25, 0.3) is 0 Å². The van der Waals surface area contributed by atoms with Gasteiger partial charge in [0.2, 0.25) is 0 Å². The molecule has 1 aromatic rings. The van der Waals surface area contributed by atoms with Gasteiger partial charge in [-0.05, 0) is 49.8 Å². The Morgan fingerprint density at radius 2 is 2.00 bits per heavy atom. The van der Waals surface area contributed by atoms with Crippen LogP contribution in [0.5, 0.6) is 0 Å². The third-order valence-electron chi connectivity index (χ3n) is 5.15. The molecule has 1 aliphatic carbocycles. The van der Waals surface area contributed by atoms with E-state index in [1.807, 2.05) is 0 Å². The average molecular weight is 242 g/mol. The molecule has 1 aromatic carbocycles. The van der Waals surface area contributed by atoms with Crippen molar-refractivity contribution < 1.29 is 0 Å².